The van der Waals surface area contributed by atoms with Gasteiger partial charge in [-0.05, 0) is 36.4 Å². The van der Waals surface area contributed by atoms with Crippen molar-refractivity contribution in [3.8, 4) is 6.07 Å². The number of anilines is 1. The number of hydrogen-bond donors (Lipinski definition) is 2. The van der Waals surface area contributed by atoms with Crippen molar-refractivity contribution in [3.05, 3.63) is 62.8 Å². The monoisotopic (exact) mass is 380 g/mol. The maximum atomic E-state index is 12.3. The number of nitrogens with one attached hydrogen (secondary N) is 2. The predicted molar refractivity (Wildman–Crippen MR) is 98.7 cm³/mol. The minimum atomic E-state index is -0.129. The number of quaternary nitrogens is 1. The molecule has 1 unspecified atom stereocenters. The van der Waals surface area contributed by atoms with E-state index in [4.69, 9.17) is 28.5 Å². The molecule has 0 saturated carbocycles. The van der Waals surface area contributed by atoms with Gasteiger partial charge in [-0.15, -0.1) is 11.3 Å². The van der Waals surface area contributed by atoms with Crippen LogP contribution in [0.25, 0.3) is 0 Å². The molecule has 2 N–H and O–H groups in total. The molecular formula is C17H16Cl2N3OS+. The highest BCUT2D eigenvalue weighted by Gasteiger charge is 2.15. The predicted octanol–water partition coefficient (Wildman–Crippen LogP) is 3.14. The van der Waals surface area contributed by atoms with Gasteiger partial charge in [-0.3, -0.25) is 4.79 Å². The molecular weight excluding hydrogens is 365 g/mol. The molecule has 0 aliphatic carbocycles. The summed E-state index contributed by atoms with van der Waals surface area (Å²) in [5, 5.41) is 12.0. The Hall–Kier alpha value is -1.84. The van der Waals surface area contributed by atoms with E-state index in [0.717, 1.165) is 14.1 Å². The summed E-state index contributed by atoms with van der Waals surface area (Å²) in [5.74, 6) is -0.129. The lowest BCUT2D eigenvalue weighted by Crippen LogP contribution is -3.11. The highest BCUT2D eigenvalue weighted by atomic mass is 35.5. The fraction of sp³-hybridized carbons (Fsp3) is 0.176. The highest BCUT2D eigenvalue weighted by molar-refractivity contribution is 7.16. The van der Waals surface area contributed by atoms with Crippen LogP contribution in [0.2, 0.25) is 9.36 Å². The lowest BCUT2D eigenvalue weighted by atomic mass is 10.2. The molecule has 0 spiro atoms. The van der Waals surface area contributed by atoms with Crippen molar-refractivity contribution in [3.63, 3.8) is 0 Å². The molecule has 24 heavy (non-hydrogen) atoms. The Morgan fingerprint density at radius 3 is 2.75 bits per heavy atom. The first-order valence-corrected chi connectivity index (χ1v) is 8.77. The fourth-order valence-corrected chi connectivity index (χ4v) is 3.60. The Morgan fingerprint density at radius 1 is 1.38 bits per heavy atom. The Labute approximate surface area is 154 Å². The highest BCUT2D eigenvalue weighted by Crippen LogP contribution is 2.21. The maximum Gasteiger partial charge on any atom is 0.279 e. The molecule has 1 atom stereocenters. The number of carbonyl (C=O) groups excluding carboxylic acids is 1. The van der Waals surface area contributed by atoms with Crippen molar-refractivity contribution in [2.24, 2.45) is 0 Å². The van der Waals surface area contributed by atoms with Gasteiger partial charge in [0.1, 0.15) is 12.6 Å². The van der Waals surface area contributed by atoms with Crippen molar-refractivity contribution in [1.29, 1.82) is 5.26 Å². The van der Waals surface area contributed by atoms with Crippen molar-refractivity contribution in [2.45, 2.75) is 6.54 Å². The van der Waals surface area contributed by atoms with Gasteiger partial charge in [-0.25, -0.2) is 0 Å². The third kappa shape index (κ3) is 5.36. The molecule has 1 aromatic carbocycles. The molecule has 1 amide bonds. The number of thiophene rings is 1. The summed E-state index contributed by atoms with van der Waals surface area (Å²) in [6.07, 6.45) is 1.79. The topological polar surface area (TPSA) is 57.3 Å². The van der Waals surface area contributed by atoms with Gasteiger partial charge in [0.25, 0.3) is 5.91 Å². The van der Waals surface area contributed by atoms with Crippen LogP contribution in [-0.2, 0) is 11.3 Å². The molecule has 4 nitrogen and oxygen atoms in total. The van der Waals surface area contributed by atoms with Gasteiger partial charge in [-0.2, -0.15) is 5.26 Å². The minimum absolute atomic E-state index is 0.129. The zero-order chi connectivity index (χ0) is 17.5. The smallest absolute Gasteiger partial charge is 0.279 e. The number of nitrogens with zero attached hydrogens (tertiary/aromatic N) is 1. The number of benzene rings is 1. The van der Waals surface area contributed by atoms with E-state index >= 15 is 0 Å². The summed E-state index contributed by atoms with van der Waals surface area (Å²) >= 11 is 13.4. The van der Waals surface area contributed by atoms with E-state index in [1.165, 1.54) is 11.3 Å². The van der Waals surface area contributed by atoms with Crippen LogP contribution in [0.15, 0.2) is 43.0 Å². The molecule has 0 bridgehead atoms. The maximum absolute atomic E-state index is 12.3. The molecule has 7 heteroatoms. The summed E-state index contributed by atoms with van der Waals surface area (Å²) in [5.41, 5.74) is 0.948. The molecule has 124 valence electrons. The zero-order valence-corrected chi connectivity index (χ0v) is 15.1. The molecule has 2 aromatic rings. The average molecular weight is 381 g/mol. The van der Waals surface area contributed by atoms with Gasteiger partial charge >= 0.3 is 0 Å². The van der Waals surface area contributed by atoms with Gasteiger partial charge in [0.05, 0.1) is 26.3 Å². The van der Waals surface area contributed by atoms with E-state index in [1.807, 2.05) is 18.2 Å². The van der Waals surface area contributed by atoms with Gasteiger partial charge in [-0.1, -0.05) is 29.8 Å². The van der Waals surface area contributed by atoms with Crippen LogP contribution >= 0.6 is 34.5 Å². The third-order valence-electron chi connectivity index (χ3n) is 3.27. The lowest BCUT2D eigenvalue weighted by molar-refractivity contribution is -0.899. The van der Waals surface area contributed by atoms with Crippen LogP contribution in [0.5, 0.6) is 0 Å². The van der Waals surface area contributed by atoms with Crippen LogP contribution in [0.3, 0.4) is 0 Å². The van der Waals surface area contributed by atoms with Crippen LogP contribution in [0, 0.1) is 11.3 Å². The van der Waals surface area contributed by atoms with Crippen molar-refractivity contribution >= 4 is 46.1 Å². The van der Waals surface area contributed by atoms with Crippen molar-refractivity contribution < 1.29 is 9.69 Å². The SMILES string of the molecule is C=CC[NH+](CC(=O)Nc1ccc(C#N)c(Cl)c1)Cc1ccc(Cl)s1. The Kier molecular flexibility index (Phi) is 6.83. The van der Waals surface area contributed by atoms with Crippen molar-refractivity contribution in [1.82, 2.24) is 0 Å². The third-order valence-corrected chi connectivity index (χ3v) is 4.81. The fourth-order valence-electron chi connectivity index (χ4n) is 2.22. The lowest BCUT2D eigenvalue weighted by Gasteiger charge is -2.16. The second kappa shape index (κ2) is 8.86. The first-order valence-electron chi connectivity index (χ1n) is 7.20. The Balaban J connectivity index is 1.98. The number of amides is 1. The molecule has 1 aromatic heterocycles. The second-order valence-electron chi connectivity index (χ2n) is 5.16. The van der Waals surface area contributed by atoms with E-state index in [1.54, 1.807) is 24.3 Å². The summed E-state index contributed by atoms with van der Waals surface area (Å²) in [6, 6.07) is 10.6. The summed E-state index contributed by atoms with van der Waals surface area (Å²) < 4.78 is 0.736. The van der Waals surface area contributed by atoms with E-state index in [-0.39, 0.29) is 5.91 Å². The zero-order valence-electron chi connectivity index (χ0n) is 12.8. The normalized spacial score (nSPS) is 11.5. The molecule has 0 radical (unpaired) electrons. The Bertz CT molecular complexity index is 782. The average Bonchev–Trinajstić information content (AvgIpc) is 2.92. The van der Waals surface area contributed by atoms with Crippen LogP contribution in [0.1, 0.15) is 10.4 Å². The first-order chi connectivity index (χ1) is 11.5. The van der Waals surface area contributed by atoms with Crippen LogP contribution in [-0.4, -0.2) is 19.0 Å². The number of hydrogen-bond acceptors (Lipinski definition) is 3. The molecule has 0 saturated heterocycles. The van der Waals surface area contributed by atoms with Crippen LogP contribution < -0.4 is 10.2 Å². The number of nitriles is 1. The standard InChI is InChI=1S/C17H15Cl2N3OS/c1-2-7-22(10-14-5-6-16(19)24-14)11-17(23)21-13-4-3-12(9-20)15(18)8-13/h2-6,8H,1,7,10-11H2,(H,21,23)/p+1. The van der Waals surface area contributed by atoms with E-state index < -0.39 is 0 Å². The summed E-state index contributed by atoms with van der Waals surface area (Å²) in [4.78, 5) is 14.4. The molecule has 1 heterocycles. The number of halogens is 2. The van der Waals surface area contributed by atoms with Crippen LogP contribution in [0.4, 0.5) is 5.69 Å². The second-order valence-corrected chi connectivity index (χ2v) is 7.36. The van der Waals surface area contributed by atoms with Crippen molar-refractivity contribution in [2.75, 3.05) is 18.4 Å². The van der Waals surface area contributed by atoms with Gasteiger partial charge in [0, 0.05) is 5.69 Å². The van der Waals surface area contributed by atoms with Gasteiger partial charge < -0.3 is 10.2 Å². The number of carbonyl (C=O) groups is 1. The van der Waals surface area contributed by atoms with E-state index in [9.17, 15) is 4.79 Å². The van der Waals surface area contributed by atoms with Gasteiger partial charge in [0.2, 0.25) is 0 Å². The largest absolute Gasteiger partial charge is 0.321 e. The molecule has 2 rings (SSSR count). The van der Waals surface area contributed by atoms with E-state index in [2.05, 4.69) is 11.9 Å². The minimum Gasteiger partial charge on any atom is -0.321 e. The summed E-state index contributed by atoms with van der Waals surface area (Å²) in [6.45, 7) is 5.40. The molecule has 0 aliphatic heterocycles. The number of rotatable bonds is 7. The summed E-state index contributed by atoms with van der Waals surface area (Å²) in [7, 11) is 0. The van der Waals surface area contributed by atoms with E-state index in [0.29, 0.717) is 35.9 Å². The quantitative estimate of drug-likeness (QED) is 0.724. The molecule has 0 aliphatic rings. The first kappa shape index (κ1) is 18.5. The van der Waals surface area contributed by atoms with Gasteiger partial charge in [0.15, 0.2) is 6.54 Å². The Morgan fingerprint density at radius 2 is 2.17 bits per heavy atom. The molecule has 0 fully saturated rings.